The summed E-state index contributed by atoms with van der Waals surface area (Å²) in [5.41, 5.74) is 0. The third kappa shape index (κ3) is 3.92. The van der Waals surface area contributed by atoms with Gasteiger partial charge in [-0.1, -0.05) is 13.8 Å². The van der Waals surface area contributed by atoms with E-state index in [4.69, 9.17) is 4.74 Å². The highest BCUT2D eigenvalue weighted by Crippen LogP contribution is 2.19. The molecule has 0 aromatic carbocycles. The highest BCUT2D eigenvalue weighted by molar-refractivity contribution is 9.10. The molecule has 100 valence electrons. The molecule has 0 aliphatic carbocycles. The van der Waals surface area contributed by atoms with Crippen molar-refractivity contribution in [2.24, 2.45) is 5.92 Å². The Labute approximate surface area is 117 Å². The van der Waals surface area contributed by atoms with Crippen molar-refractivity contribution in [3.05, 3.63) is 16.5 Å². The lowest BCUT2D eigenvalue weighted by atomic mass is 10.1. The molecular formula is C13H20BrN3O. The third-order valence-electron chi connectivity index (χ3n) is 3.11. The van der Waals surface area contributed by atoms with Gasteiger partial charge in [0.15, 0.2) is 0 Å². The Kier molecular flexibility index (Phi) is 4.95. The number of hydrogen-bond donors (Lipinski definition) is 1. The molecule has 5 heteroatoms. The van der Waals surface area contributed by atoms with Crippen molar-refractivity contribution in [1.82, 2.24) is 9.97 Å². The standard InChI is InChI=1S/C13H20BrN3O/c1-9(2)13-16-11(14)7-12(17-13)15-5-3-10-4-6-18-8-10/h7,9-10H,3-6,8H2,1-2H3,(H,15,16,17). The van der Waals surface area contributed by atoms with Crippen LogP contribution in [0.15, 0.2) is 10.7 Å². The van der Waals surface area contributed by atoms with Gasteiger partial charge in [0.25, 0.3) is 0 Å². The maximum absolute atomic E-state index is 5.37. The summed E-state index contributed by atoms with van der Waals surface area (Å²) in [6.45, 7) is 6.96. The van der Waals surface area contributed by atoms with Crippen LogP contribution in [-0.2, 0) is 4.74 Å². The molecule has 2 heterocycles. The van der Waals surface area contributed by atoms with E-state index in [1.165, 1.54) is 6.42 Å². The minimum atomic E-state index is 0.339. The van der Waals surface area contributed by atoms with E-state index in [0.29, 0.717) is 11.8 Å². The molecule has 0 spiro atoms. The third-order valence-corrected chi connectivity index (χ3v) is 3.52. The van der Waals surface area contributed by atoms with Gasteiger partial charge in [0.1, 0.15) is 16.2 Å². The molecule has 0 radical (unpaired) electrons. The van der Waals surface area contributed by atoms with Gasteiger partial charge in [0, 0.05) is 31.7 Å². The van der Waals surface area contributed by atoms with Crippen LogP contribution in [0.25, 0.3) is 0 Å². The summed E-state index contributed by atoms with van der Waals surface area (Å²) in [5, 5.41) is 3.37. The first-order chi connectivity index (χ1) is 8.65. The molecule has 2 rings (SSSR count). The number of nitrogens with one attached hydrogen (secondary N) is 1. The highest BCUT2D eigenvalue weighted by atomic mass is 79.9. The van der Waals surface area contributed by atoms with E-state index in [0.717, 1.165) is 42.4 Å². The van der Waals surface area contributed by atoms with E-state index in [1.807, 2.05) is 6.07 Å². The number of nitrogens with zero attached hydrogens (tertiary/aromatic N) is 2. The summed E-state index contributed by atoms with van der Waals surface area (Å²) in [4.78, 5) is 8.88. The van der Waals surface area contributed by atoms with Crippen molar-refractivity contribution < 1.29 is 4.74 Å². The number of halogens is 1. The first kappa shape index (κ1) is 13.7. The van der Waals surface area contributed by atoms with Crippen LogP contribution in [0.5, 0.6) is 0 Å². The van der Waals surface area contributed by atoms with Gasteiger partial charge in [0.05, 0.1) is 0 Å². The Morgan fingerprint density at radius 1 is 1.50 bits per heavy atom. The zero-order valence-corrected chi connectivity index (χ0v) is 12.5. The molecule has 0 amide bonds. The molecule has 1 N–H and O–H groups in total. The molecule has 1 atom stereocenters. The molecule has 0 saturated carbocycles. The largest absolute Gasteiger partial charge is 0.381 e. The molecule has 1 unspecified atom stereocenters. The fourth-order valence-electron chi connectivity index (χ4n) is 2.00. The summed E-state index contributed by atoms with van der Waals surface area (Å²) >= 11 is 3.43. The number of hydrogen-bond acceptors (Lipinski definition) is 4. The van der Waals surface area contributed by atoms with Crippen LogP contribution in [0.3, 0.4) is 0 Å². The second-order valence-electron chi connectivity index (χ2n) is 5.03. The number of aromatic nitrogens is 2. The van der Waals surface area contributed by atoms with Gasteiger partial charge in [0.2, 0.25) is 0 Å². The summed E-state index contributed by atoms with van der Waals surface area (Å²) in [5.74, 6) is 2.81. The predicted octanol–water partition coefficient (Wildman–Crippen LogP) is 3.20. The van der Waals surface area contributed by atoms with Crippen LogP contribution in [-0.4, -0.2) is 29.7 Å². The second kappa shape index (κ2) is 6.48. The fraction of sp³-hybridized carbons (Fsp3) is 0.692. The quantitative estimate of drug-likeness (QED) is 0.848. The van der Waals surface area contributed by atoms with Crippen LogP contribution in [0, 0.1) is 5.92 Å². The van der Waals surface area contributed by atoms with Crippen LogP contribution < -0.4 is 5.32 Å². The van der Waals surface area contributed by atoms with Crippen molar-refractivity contribution in [1.29, 1.82) is 0 Å². The first-order valence-corrected chi connectivity index (χ1v) is 7.30. The summed E-state index contributed by atoms with van der Waals surface area (Å²) in [6.07, 6.45) is 2.32. The van der Waals surface area contributed by atoms with Gasteiger partial charge in [-0.3, -0.25) is 0 Å². The van der Waals surface area contributed by atoms with Crippen molar-refractivity contribution in [3.63, 3.8) is 0 Å². The summed E-state index contributed by atoms with van der Waals surface area (Å²) in [6, 6.07) is 1.93. The monoisotopic (exact) mass is 313 g/mol. The Morgan fingerprint density at radius 3 is 3.00 bits per heavy atom. The molecule has 1 aromatic heterocycles. The van der Waals surface area contributed by atoms with Gasteiger partial charge < -0.3 is 10.1 Å². The van der Waals surface area contributed by atoms with Crippen molar-refractivity contribution in [2.75, 3.05) is 25.1 Å². The zero-order valence-electron chi connectivity index (χ0n) is 10.9. The van der Waals surface area contributed by atoms with Gasteiger partial charge in [-0.2, -0.15) is 0 Å². The number of ether oxygens (including phenoxy) is 1. The van der Waals surface area contributed by atoms with E-state index >= 15 is 0 Å². The van der Waals surface area contributed by atoms with Gasteiger partial charge >= 0.3 is 0 Å². The molecule has 4 nitrogen and oxygen atoms in total. The van der Waals surface area contributed by atoms with Crippen LogP contribution >= 0.6 is 15.9 Å². The van der Waals surface area contributed by atoms with E-state index in [2.05, 4.69) is 45.1 Å². The molecule has 1 aromatic rings. The molecule has 1 aliphatic heterocycles. The molecular weight excluding hydrogens is 294 g/mol. The second-order valence-corrected chi connectivity index (χ2v) is 5.85. The minimum absolute atomic E-state index is 0.339. The summed E-state index contributed by atoms with van der Waals surface area (Å²) < 4.78 is 6.21. The van der Waals surface area contributed by atoms with Gasteiger partial charge in [-0.05, 0) is 34.7 Å². The molecule has 1 fully saturated rings. The van der Waals surface area contributed by atoms with Crippen molar-refractivity contribution >= 4 is 21.7 Å². The van der Waals surface area contributed by atoms with Gasteiger partial charge in [-0.25, -0.2) is 9.97 Å². The Balaban J connectivity index is 1.88. The maximum Gasteiger partial charge on any atom is 0.134 e. The molecule has 1 saturated heterocycles. The number of rotatable bonds is 5. The minimum Gasteiger partial charge on any atom is -0.381 e. The Morgan fingerprint density at radius 2 is 2.33 bits per heavy atom. The average Bonchev–Trinajstić information content (AvgIpc) is 2.81. The normalized spacial score (nSPS) is 19.4. The topological polar surface area (TPSA) is 47.0 Å². The smallest absolute Gasteiger partial charge is 0.134 e. The highest BCUT2D eigenvalue weighted by Gasteiger charge is 2.15. The van der Waals surface area contributed by atoms with Crippen LogP contribution in [0.1, 0.15) is 38.4 Å². The van der Waals surface area contributed by atoms with E-state index in [1.54, 1.807) is 0 Å². The first-order valence-electron chi connectivity index (χ1n) is 6.51. The number of anilines is 1. The molecule has 1 aliphatic rings. The van der Waals surface area contributed by atoms with Crippen molar-refractivity contribution in [2.45, 2.75) is 32.6 Å². The Bertz CT molecular complexity index is 392. The maximum atomic E-state index is 5.37. The SMILES string of the molecule is CC(C)c1nc(Br)cc(NCCC2CCOC2)n1. The Hall–Kier alpha value is -0.680. The van der Waals surface area contributed by atoms with Gasteiger partial charge in [-0.15, -0.1) is 0 Å². The van der Waals surface area contributed by atoms with E-state index in [-0.39, 0.29) is 0 Å². The van der Waals surface area contributed by atoms with E-state index in [9.17, 15) is 0 Å². The zero-order chi connectivity index (χ0) is 13.0. The molecule has 0 bridgehead atoms. The lowest BCUT2D eigenvalue weighted by Gasteiger charge is -2.11. The lowest BCUT2D eigenvalue weighted by Crippen LogP contribution is -2.11. The summed E-state index contributed by atoms with van der Waals surface area (Å²) in [7, 11) is 0. The lowest BCUT2D eigenvalue weighted by molar-refractivity contribution is 0.185. The fourth-order valence-corrected chi connectivity index (χ4v) is 2.40. The van der Waals surface area contributed by atoms with Crippen LogP contribution in [0.4, 0.5) is 5.82 Å². The predicted molar refractivity (Wildman–Crippen MR) is 75.9 cm³/mol. The molecule has 18 heavy (non-hydrogen) atoms. The van der Waals surface area contributed by atoms with Crippen molar-refractivity contribution in [3.8, 4) is 0 Å². The van der Waals surface area contributed by atoms with Crippen LogP contribution in [0.2, 0.25) is 0 Å². The van der Waals surface area contributed by atoms with E-state index < -0.39 is 0 Å². The average molecular weight is 314 g/mol.